The van der Waals surface area contributed by atoms with Gasteiger partial charge in [-0.3, -0.25) is 14.9 Å². The Bertz CT molecular complexity index is 1170. The summed E-state index contributed by atoms with van der Waals surface area (Å²) in [4.78, 5) is 39.1. The van der Waals surface area contributed by atoms with Crippen molar-refractivity contribution < 1.29 is 28.7 Å². The number of benzene rings is 2. The fourth-order valence-corrected chi connectivity index (χ4v) is 3.66. The van der Waals surface area contributed by atoms with Crippen LogP contribution in [0.15, 0.2) is 41.0 Å². The molecule has 0 amide bonds. The number of hydrogen-bond acceptors (Lipinski definition) is 8. The van der Waals surface area contributed by atoms with E-state index in [1.54, 1.807) is 31.2 Å². The third-order valence-corrected chi connectivity index (χ3v) is 5.30. The highest BCUT2D eigenvalue weighted by molar-refractivity contribution is 14.1. The van der Waals surface area contributed by atoms with E-state index in [-0.39, 0.29) is 29.7 Å². The van der Waals surface area contributed by atoms with Gasteiger partial charge in [0, 0.05) is 23.6 Å². The van der Waals surface area contributed by atoms with Gasteiger partial charge in [0.1, 0.15) is 0 Å². The lowest BCUT2D eigenvalue weighted by Gasteiger charge is -2.12. The first-order valence-corrected chi connectivity index (χ1v) is 10.7. The van der Waals surface area contributed by atoms with Gasteiger partial charge in [-0.2, -0.15) is 0 Å². The molecule has 32 heavy (non-hydrogen) atoms. The molecule has 0 unspecified atom stereocenters. The van der Waals surface area contributed by atoms with Crippen LogP contribution in [-0.2, 0) is 14.3 Å². The largest absolute Gasteiger partial charge is 0.493 e. The van der Waals surface area contributed by atoms with Crippen LogP contribution in [0.1, 0.15) is 36.5 Å². The lowest BCUT2D eigenvalue weighted by Crippen LogP contribution is -2.09. The number of nitrogens with zero attached hydrogens (tertiary/aromatic N) is 2. The Kier molecular flexibility index (Phi) is 7.23. The minimum Gasteiger partial charge on any atom is -0.493 e. The number of halogens is 1. The van der Waals surface area contributed by atoms with E-state index >= 15 is 0 Å². The Morgan fingerprint density at radius 2 is 2.06 bits per heavy atom. The number of hydrogen-bond donors (Lipinski definition) is 0. The minimum atomic E-state index is -0.685. The van der Waals surface area contributed by atoms with Crippen LogP contribution in [-0.4, -0.2) is 29.9 Å². The second-order valence-electron chi connectivity index (χ2n) is 6.85. The van der Waals surface area contributed by atoms with Gasteiger partial charge in [-0.05, 0) is 65.8 Å². The zero-order valence-electron chi connectivity index (χ0n) is 17.5. The standard InChI is InChI=1S/C22H19IN2O7/c1-4-5-19(26)31-20-15(23)8-13(10-18(20)30-3)9-16-22(27)32-21(24-16)14-7-6-12(2)17(11-14)25(28)29/h6-11H,4-5H2,1-3H3/b16-9-. The van der Waals surface area contributed by atoms with E-state index in [0.717, 1.165) is 0 Å². The number of nitro groups is 1. The molecule has 0 spiro atoms. The molecule has 0 aromatic heterocycles. The van der Waals surface area contributed by atoms with Gasteiger partial charge in [0.15, 0.2) is 17.2 Å². The van der Waals surface area contributed by atoms with Gasteiger partial charge in [0.25, 0.3) is 5.69 Å². The molecule has 166 valence electrons. The average Bonchev–Trinajstić information content (AvgIpc) is 3.10. The molecule has 1 aliphatic rings. The van der Waals surface area contributed by atoms with Crippen LogP contribution in [0.4, 0.5) is 5.69 Å². The zero-order chi connectivity index (χ0) is 23.4. The van der Waals surface area contributed by atoms with Gasteiger partial charge in [0.05, 0.1) is 15.6 Å². The van der Waals surface area contributed by atoms with Gasteiger partial charge in [-0.15, -0.1) is 0 Å². The summed E-state index contributed by atoms with van der Waals surface area (Å²) in [6, 6.07) is 7.80. The van der Waals surface area contributed by atoms with Crippen molar-refractivity contribution in [1.29, 1.82) is 0 Å². The molecule has 0 atom stereocenters. The van der Waals surface area contributed by atoms with Crippen molar-refractivity contribution in [3.8, 4) is 11.5 Å². The number of methoxy groups -OCH3 is 1. The van der Waals surface area contributed by atoms with Crippen molar-refractivity contribution in [2.45, 2.75) is 26.7 Å². The molecule has 1 heterocycles. The molecule has 0 saturated heterocycles. The molecule has 1 aliphatic heterocycles. The molecule has 3 rings (SSSR count). The molecule has 9 nitrogen and oxygen atoms in total. The maximum absolute atomic E-state index is 12.3. The zero-order valence-corrected chi connectivity index (χ0v) is 19.7. The highest BCUT2D eigenvalue weighted by Crippen LogP contribution is 2.35. The number of carbonyl (C=O) groups is 2. The lowest BCUT2D eigenvalue weighted by atomic mass is 10.1. The molecule has 0 radical (unpaired) electrons. The van der Waals surface area contributed by atoms with Gasteiger partial charge < -0.3 is 14.2 Å². The van der Waals surface area contributed by atoms with E-state index in [0.29, 0.717) is 38.2 Å². The van der Waals surface area contributed by atoms with Crippen LogP contribution in [0.25, 0.3) is 6.08 Å². The first kappa shape index (κ1) is 23.4. The second-order valence-corrected chi connectivity index (χ2v) is 8.01. The molecular weight excluding hydrogens is 531 g/mol. The molecule has 0 bridgehead atoms. The van der Waals surface area contributed by atoms with Crippen molar-refractivity contribution in [3.63, 3.8) is 0 Å². The van der Waals surface area contributed by atoms with Crippen molar-refractivity contribution >= 4 is 52.2 Å². The summed E-state index contributed by atoms with van der Waals surface area (Å²) in [7, 11) is 1.45. The SMILES string of the molecule is CCCC(=O)Oc1c(I)cc(/C=C2\N=C(c3ccc(C)c([N+](=O)[O-])c3)OC2=O)cc1OC. The van der Waals surface area contributed by atoms with E-state index in [4.69, 9.17) is 14.2 Å². The quantitative estimate of drug-likeness (QED) is 0.124. The van der Waals surface area contributed by atoms with Crippen LogP contribution in [0.3, 0.4) is 0 Å². The molecular formula is C22H19IN2O7. The monoisotopic (exact) mass is 550 g/mol. The molecule has 0 N–H and O–H groups in total. The van der Waals surface area contributed by atoms with Crippen molar-refractivity contribution in [1.82, 2.24) is 0 Å². The van der Waals surface area contributed by atoms with Crippen molar-refractivity contribution in [2.24, 2.45) is 4.99 Å². The van der Waals surface area contributed by atoms with Crippen molar-refractivity contribution in [2.75, 3.05) is 7.11 Å². The third-order valence-electron chi connectivity index (χ3n) is 4.50. The summed E-state index contributed by atoms with van der Waals surface area (Å²) in [5.74, 6) is -0.431. The number of aryl methyl sites for hydroxylation is 1. The number of carbonyl (C=O) groups excluding carboxylic acids is 2. The van der Waals surface area contributed by atoms with Gasteiger partial charge in [-0.1, -0.05) is 13.0 Å². The fraction of sp³-hybridized carbons (Fsp3) is 0.227. The van der Waals surface area contributed by atoms with Crippen LogP contribution in [0, 0.1) is 20.6 Å². The van der Waals surface area contributed by atoms with Gasteiger partial charge in [0.2, 0.25) is 5.90 Å². The maximum atomic E-state index is 12.3. The van der Waals surface area contributed by atoms with E-state index in [9.17, 15) is 19.7 Å². The summed E-state index contributed by atoms with van der Waals surface area (Å²) in [6.45, 7) is 3.50. The van der Waals surface area contributed by atoms with Gasteiger partial charge in [-0.25, -0.2) is 9.79 Å². The maximum Gasteiger partial charge on any atom is 0.363 e. The summed E-state index contributed by atoms with van der Waals surface area (Å²) >= 11 is 2.01. The first-order valence-electron chi connectivity index (χ1n) is 9.59. The highest BCUT2D eigenvalue weighted by atomic mass is 127. The predicted octanol–water partition coefficient (Wildman–Crippen LogP) is 4.57. The highest BCUT2D eigenvalue weighted by Gasteiger charge is 2.26. The van der Waals surface area contributed by atoms with Crippen LogP contribution in [0.5, 0.6) is 11.5 Å². The fourth-order valence-electron chi connectivity index (χ4n) is 2.92. The van der Waals surface area contributed by atoms with Crippen LogP contribution in [0.2, 0.25) is 0 Å². The summed E-state index contributed by atoms with van der Waals surface area (Å²) < 4.78 is 16.6. The predicted molar refractivity (Wildman–Crippen MR) is 125 cm³/mol. The van der Waals surface area contributed by atoms with E-state index in [1.807, 2.05) is 29.5 Å². The Balaban J connectivity index is 1.94. The summed E-state index contributed by atoms with van der Waals surface area (Å²) in [5, 5.41) is 11.2. The molecule has 0 saturated carbocycles. The van der Waals surface area contributed by atoms with E-state index < -0.39 is 10.9 Å². The van der Waals surface area contributed by atoms with Gasteiger partial charge >= 0.3 is 11.9 Å². The Morgan fingerprint density at radius 3 is 2.72 bits per heavy atom. The second kappa shape index (κ2) is 9.90. The molecule has 2 aromatic carbocycles. The number of ether oxygens (including phenoxy) is 3. The lowest BCUT2D eigenvalue weighted by molar-refractivity contribution is -0.385. The molecule has 10 heteroatoms. The van der Waals surface area contributed by atoms with Crippen LogP contribution < -0.4 is 9.47 Å². The Labute approximate surface area is 197 Å². The summed E-state index contributed by atoms with van der Waals surface area (Å²) in [6.07, 6.45) is 2.44. The number of aliphatic imine (C=N–C) groups is 1. The summed E-state index contributed by atoms with van der Waals surface area (Å²) in [5.41, 5.74) is 1.32. The molecule has 2 aromatic rings. The first-order chi connectivity index (χ1) is 15.2. The Morgan fingerprint density at radius 1 is 1.31 bits per heavy atom. The third kappa shape index (κ3) is 5.13. The molecule has 0 fully saturated rings. The average molecular weight is 550 g/mol. The smallest absolute Gasteiger partial charge is 0.363 e. The number of rotatable bonds is 7. The molecule has 0 aliphatic carbocycles. The topological polar surface area (TPSA) is 117 Å². The van der Waals surface area contributed by atoms with Crippen molar-refractivity contribution in [3.05, 3.63) is 66.4 Å². The van der Waals surface area contributed by atoms with E-state index in [1.165, 1.54) is 19.3 Å². The Hall–Kier alpha value is -3.28. The van der Waals surface area contributed by atoms with Crippen LogP contribution >= 0.6 is 22.6 Å². The normalized spacial score (nSPS) is 14.2. The number of esters is 2. The minimum absolute atomic E-state index is 0.0175. The van der Waals surface area contributed by atoms with E-state index in [2.05, 4.69) is 4.99 Å². The number of cyclic esters (lactones) is 1. The number of nitro benzene ring substituents is 1.